The van der Waals surface area contributed by atoms with Gasteiger partial charge in [0, 0.05) is 25.5 Å². The Hall–Kier alpha value is -2.48. The normalized spacial score (nSPS) is 23.0. The van der Waals surface area contributed by atoms with Crippen molar-refractivity contribution in [3.05, 3.63) is 41.4 Å². The van der Waals surface area contributed by atoms with Gasteiger partial charge in [0.05, 0.1) is 13.2 Å². The lowest BCUT2D eigenvalue weighted by Crippen LogP contribution is -2.49. The van der Waals surface area contributed by atoms with E-state index in [2.05, 4.69) is 10.2 Å². The fourth-order valence-corrected chi connectivity index (χ4v) is 3.07. The molecule has 8 heteroatoms. The van der Waals surface area contributed by atoms with Gasteiger partial charge in [0.1, 0.15) is 6.04 Å². The highest BCUT2D eigenvalue weighted by Gasteiger charge is 2.39. The molecule has 1 aromatic heterocycles. The molecule has 2 aliphatic heterocycles. The molecule has 0 bridgehead atoms. The van der Waals surface area contributed by atoms with Crippen molar-refractivity contribution in [3.63, 3.8) is 0 Å². The summed E-state index contributed by atoms with van der Waals surface area (Å²) >= 11 is 0. The van der Waals surface area contributed by atoms with Crippen molar-refractivity contribution >= 4 is 5.91 Å². The first-order valence-corrected chi connectivity index (χ1v) is 7.76. The molecule has 0 spiro atoms. The van der Waals surface area contributed by atoms with Crippen LogP contribution in [0.25, 0.3) is 0 Å². The van der Waals surface area contributed by atoms with E-state index in [4.69, 9.17) is 13.9 Å². The number of carbonyl (C=O) groups is 1. The highest BCUT2D eigenvalue weighted by molar-refractivity contribution is 5.83. The number of hydrogen-bond donors (Lipinski definition) is 0. The molecule has 1 saturated heterocycles. The van der Waals surface area contributed by atoms with Crippen LogP contribution in [0, 0.1) is 12.7 Å². The van der Waals surface area contributed by atoms with Crippen LogP contribution in [0.4, 0.5) is 4.39 Å². The van der Waals surface area contributed by atoms with E-state index in [-0.39, 0.29) is 18.3 Å². The third kappa shape index (κ3) is 2.52. The van der Waals surface area contributed by atoms with Crippen molar-refractivity contribution in [2.24, 2.45) is 0 Å². The van der Waals surface area contributed by atoms with Gasteiger partial charge in [0.2, 0.25) is 11.8 Å². The van der Waals surface area contributed by atoms with Gasteiger partial charge >= 0.3 is 0 Å². The van der Waals surface area contributed by atoms with Gasteiger partial charge in [-0.05, 0) is 6.07 Å². The molecule has 3 heterocycles. The van der Waals surface area contributed by atoms with E-state index >= 15 is 0 Å². The largest absolute Gasteiger partial charge is 0.477 e. The van der Waals surface area contributed by atoms with Crippen LogP contribution in [0.2, 0.25) is 0 Å². The minimum atomic E-state index is -0.749. The van der Waals surface area contributed by atoms with E-state index in [0.717, 1.165) is 0 Å². The predicted molar refractivity (Wildman–Crippen MR) is 78.8 cm³/mol. The maximum absolute atomic E-state index is 13.8. The molecular weight excluding hydrogens is 317 g/mol. The van der Waals surface area contributed by atoms with Crippen molar-refractivity contribution < 1.29 is 23.1 Å². The van der Waals surface area contributed by atoms with Crippen molar-refractivity contribution in [1.29, 1.82) is 0 Å². The number of rotatable bonds is 2. The minimum Gasteiger partial charge on any atom is -0.477 e. The third-order valence-electron chi connectivity index (χ3n) is 4.23. The summed E-state index contributed by atoms with van der Waals surface area (Å²) in [5.74, 6) is 0.245. The molecule has 1 fully saturated rings. The number of ether oxygens (including phenoxy) is 2. The molecule has 0 aliphatic carbocycles. The van der Waals surface area contributed by atoms with Gasteiger partial charge < -0.3 is 18.8 Å². The molecule has 2 aliphatic rings. The number of aromatic nitrogens is 2. The molecule has 0 saturated carbocycles. The fraction of sp³-hybridized carbons (Fsp3) is 0.438. The molecule has 4 rings (SSSR count). The molecule has 0 radical (unpaired) electrons. The zero-order chi connectivity index (χ0) is 16.7. The fourth-order valence-electron chi connectivity index (χ4n) is 3.07. The zero-order valence-corrected chi connectivity index (χ0v) is 13.1. The summed E-state index contributed by atoms with van der Waals surface area (Å²) in [6, 6.07) is 4.25. The Labute approximate surface area is 137 Å². The quantitative estimate of drug-likeness (QED) is 0.827. The Morgan fingerprint density at radius 3 is 3.00 bits per heavy atom. The van der Waals surface area contributed by atoms with Crippen LogP contribution < -0.4 is 4.74 Å². The number of nitrogens with zero attached hydrogens (tertiary/aromatic N) is 3. The number of benzene rings is 1. The number of para-hydroxylation sites is 1. The maximum Gasteiger partial charge on any atom is 0.264 e. The smallest absolute Gasteiger partial charge is 0.264 e. The van der Waals surface area contributed by atoms with Crippen LogP contribution in [0.3, 0.4) is 0 Å². The second kappa shape index (κ2) is 5.86. The average Bonchev–Trinajstić information content (AvgIpc) is 3.21. The molecule has 126 valence electrons. The molecule has 0 N–H and O–H groups in total. The SMILES string of the molecule is Cc1nnc([C@H]2COCCN2C(=O)[C@@H]2Cc3cccc(F)c3O2)o1. The summed E-state index contributed by atoms with van der Waals surface area (Å²) in [6.45, 7) is 2.78. The number of halogens is 1. The van der Waals surface area contributed by atoms with Gasteiger partial charge in [0.15, 0.2) is 17.7 Å². The summed E-state index contributed by atoms with van der Waals surface area (Å²) in [4.78, 5) is 14.5. The van der Waals surface area contributed by atoms with Gasteiger partial charge in [-0.2, -0.15) is 0 Å². The summed E-state index contributed by atoms with van der Waals surface area (Å²) in [5.41, 5.74) is 0.701. The summed E-state index contributed by atoms with van der Waals surface area (Å²) in [6.07, 6.45) is -0.402. The average molecular weight is 333 g/mol. The first-order chi connectivity index (χ1) is 11.6. The summed E-state index contributed by atoms with van der Waals surface area (Å²) < 4.78 is 30.3. The lowest BCUT2D eigenvalue weighted by atomic mass is 10.1. The van der Waals surface area contributed by atoms with Crippen LogP contribution in [-0.4, -0.2) is 46.9 Å². The molecule has 24 heavy (non-hydrogen) atoms. The number of fused-ring (bicyclic) bond motifs is 1. The van der Waals surface area contributed by atoms with E-state index in [0.29, 0.717) is 36.9 Å². The second-order valence-electron chi connectivity index (χ2n) is 5.82. The van der Waals surface area contributed by atoms with Crippen LogP contribution >= 0.6 is 0 Å². The summed E-state index contributed by atoms with van der Waals surface area (Å²) in [7, 11) is 0. The lowest BCUT2D eigenvalue weighted by molar-refractivity contribution is -0.148. The minimum absolute atomic E-state index is 0.161. The van der Waals surface area contributed by atoms with Gasteiger partial charge in [-0.3, -0.25) is 4.79 Å². The van der Waals surface area contributed by atoms with Gasteiger partial charge in [0.25, 0.3) is 5.91 Å². The van der Waals surface area contributed by atoms with Gasteiger partial charge in [-0.25, -0.2) is 4.39 Å². The number of hydrogen-bond acceptors (Lipinski definition) is 6. The van der Waals surface area contributed by atoms with E-state index in [1.807, 2.05) is 0 Å². The number of aryl methyl sites for hydroxylation is 1. The van der Waals surface area contributed by atoms with E-state index in [9.17, 15) is 9.18 Å². The third-order valence-corrected chi connectivity index (χ3v) is 4.23. The highest BCUT2D eigenvalue weighted by atomic mass is 19.1. The molecule has 7 nitrogen and oxygen atoms in total. The zero-order valence-electron chi connectivity index (χ0n) is 13.1. The first kappa shape index (κ1) is 15.1. The topological polar surface area (TPSA) is 77.7 Å². The first-order valence-electron chi connectivity index (χ1n) is 7.76. The molecular formula is C16H16FN3O4. The number of amides is 1. The monoisotopic (exact) mass is 333 g/mol. The number of carbonyl (C=O) groups excluding carboxylic acids is 1. The molecule has 2 atom stereocenters. The highest BCUT2D eigenvalue weighted by Crippen LogP contribution is 2.33. The van der Waals surface area contributed by atoms with Gasteiger partial charge in [-0.1, -0.05) is 12.1 Å². The predicted octanol–water partition coefficient (Wildman–Crippen LogP) is 1.42. The van der Waals surface area contributed by atoms with Crippen LogP contribution in [-0.2, 0) is 16.0 Å². The van der Waals surface area contributed by atoms with E-state index in [1.165, 1.54) is 6.07 Å². The van der Waals surface area contributed by atoms with E-state index in [1.54, 1.807) is 24.0 Å². The lowest BCUT2D eigenvalue weighted by Gasteiger charge is -2.34. The van der Waals surface area contributed by atoms with Crippen molar-refractivity contribution in [2.45, 2.75) is 25.5 Å². The Bertz CT molecular complexity index is 778. The Kier molecular flexibility index (Phi) is 3.68. The van der Waals surface area contributed by atoms with Crippen molar-refractivity contribution in [2.75, 3.05) is 19.8 Å². The molecule has 1 aromatic carbocycles. The van der Waals surface area contributed by atoms with E-state index < -0.39 is 18.0 Å². The van der Waals surface area contributed by atoms with Gasteiger partial charge in [-0.15, -0.1) is 10.2 Å². The molecule has 2 aromatic rings. The summed E-state index contributed by atoms with van der Waals surface area (Å²) in [5, 5.41) is 7.80. The van der Waals surface area contributed by atoms with Crippen molar-refractivity contribution in [3.8, 4) is 5.75 Å². The standard InChI is InChI=1S/C16H16FN3O4/c1-9-18-19-15(23-9)12-8-22-6-5-20(12)16(21)13-7-10-3-2-4-11(17)14(10)24-13/h2-4,12-13H,5-8H2,1H3/t12-,13+/m1/s1. The van der Waals surface area contributed by atoms with Crippen LogP contribution in [0.15, 0.2) is 22.6 Å². The maximum atomic E-state index is 13.8. The molecule has 0 unspecified atom stereocenters. The Morgan fingerprint density at radius 1 is 1.38 bits per heavy atom. The van der Waals surface area contributed by atoms with Crippen LogP contribution in [0.1, 0.15) is 23.4 Å². The Balaban J connectivity index is 1.56. The second-order valence-corrected chi connectivity index (χ2v) is 5.82. The number of morpholine rings is 1. The molecule has 1 amide bonds. The Morgan fingerprint density at radius 2 is 2.25 bits per heavy atom. The van der Waals surface area contributed by atoms with Crippen molar-refractivity contribution in [1.82, 2.24) is 15.1 Å². The van der Waals surface area contributed by atoms with Crippen LogP contribution in [0.5, 0.6) is 5.75 Å².